The van der Waals surface area contributed by atoms with E-state index in [0.29, 0.717) is 0 Å². The predicted octanol–water partition coefficient (Wildman–Crippen LogP) is 0.650. The monoisotopic (exact) mass is 154 g/mol. The van der Waals surface area contributed by atoms with Crippen LogP contribution in [0.5, 0.6) is 11.5 Å². The summed E-state index contributed by atoms with van der Waals surface area (Å²) < 4.78 is 0. The number of nitrogens with one attached hydrogen (secondary N) is 1. The van der Waals surface area contributed by atoms with E-state index in [0.717, 1.165) is 6.34 Å². The minimum Gasteiger partial charge on any atom is -0.508 e. The fraction of sp³-hybridized carbons (Fsp3) is 0. The van der Waals surface area contributed by atoms with Crippen molar-refractivity contribution < 1.29 is 10.2 Å². The molecule has 1 rings (SSSR count). The summed E-state index contributed by atoms with van der Waals surface area (Å²) in [4.78, 5) is 0. The van der Waals surface area contributed by atoms with Crippen LogP contribution in [0.25, 0.3) is 0 Å². The van der Waals surface area contributed by atoms with Crippen LogP contribution in [0.2, 0.25) is 0 Å². The summed E-state index contributed by atoms with van der Waals surface area (Å²) in [7, 11) is 0. The first kappa shape index (κ1) is 9.29. The lowest BCUT2D eigenvalue weighted by Gasteiger charge is -1.89. The van der Waals surface area contributed by atoms with Gasteiger partial charge in [-0.1, -0.05) is 6.07 Å². The van der Waals surface area contributed by atoms with E-state index in [1.807, 2.05) is 0 Å². The van der Waals surface area contributed by atoms with Crippen molar-refractivity contribution in [3.8, 4) is 11.5 Å². The van der Waals surface area contributed by atoms with Crippen LogP contribution in [-0.2, 0) is 0 Å². The first-order valence-electron chi connectivity index (χ1n) is 2.89. The Morgan fingerprint density at radius 2 is 1.64 bits per heavy atom. The molecule has 0 spiro atoms. The standard InChI is InChI=1S/C6H6O2.CH4N2/c7-5-2-1-3-6(8)4-5;2-1-3/h1-4,7-8H;1H,(H3,2,3). The fourth-order valence-corrected chi connectivity index (χ4v) is 0.493. The number of rotatable bonds is 0. The van der Waals surface area contributed by atoms with Gasteiger partial charge in [0.25, 0.3) is 0 Å². The van der Waals surface area contributed by atoms with Gasteiger partial charge in [0.1, 0.15) is 11.5 Å². The van der Waals surface area contributed by atoms with Gasteiger partial charge < -0.3 is 15.9 Å². The highest BCUT2D eigenvalue weighted by molar-refractivity contribution is 5.46. The van der Waals surface area contributed by atoms with Gasteiger partial charge in [-0.05, 0) is 12.1 Å². The van der Waals surface area contributed by atoms with Gasteiger partial charge in [-0.2, -0.15) is 0 Å². The summed E-state index contributed by atoms with van der Waals surface area (Å²) in [5, 5.41) is 23.2. The van der Waals surface area contributed by atoms with E-state index in [1.54, 1.807) is 6.07 Å². The molecule has 0 saturated carbocycles. The predicted molar refractivity (Wildman–Crippen MR) is 42.7 cm³/mol. The third kappa shape index (κ3) is 4.77. The van der Waals surface area contributed by atoms with Crippen molar-refractivity contribution >= 4 is 6.34 Å². The third-order valence-corrected chi connectivity index (χ3v) is 0.830. The molecule has 0 aliphatic heterocycles. The molecule has 0 amide bonds. The first-order chi connectivity index (χ1) is 5.20. The van der Waals surface area contributed by atoms with Crippen molar-refractivity contribution in [1.29, 1.82) is 5.41 Å². The van der Waals surface area contributed by atoms with E-state index in [-0.39, 0.29) is 11.5 Å². The second-order valence-corrected chi connectivity index (χ2v) is 1.69. The van der Waals surface area contributed by atoms with Gasteiger partial charge >= 0.3 is 0 Å². The highest BCUT2D eigenvalue weighted by Gasteiger charge is 1.85. The Morgan fingerprint density at radius 1 is 1.27 bits per heavy atom. The topological polar surface area (TPSA) is 90.3 Å². The maximum absolute atomic E-state index is 8.65. The Kier molecular flexibility index (Phi) is 4.31. The smallest absolute Gasteiger partial charge is 0.119 e. The molecule has 11 heavy (non-hydrogen) atoms. The molecule has 4 nitrogen and oxygen atoms in total. The van der Waals surface area contributed by atoms with Crippen LogP contribution in [0.4, 0.5) is 0 Å². The number of hydrogen-bond acceptors (Lipinski definition) is 3. The number of phenolic OH excluding ortho intramolecular Hbond substituents is 2. The summed E-state index contributed by atoms with van der Waals surface area (Å²) in [5.41, 5.74) is 4.39. The second kappa shape index (κ2) is 5.10. The van der Waals surface area contributed by atoms with Gasteiger partial charge in [0.05, 0.1) is 6.34 Å². The molecule has 0 aliphatic rings. The van der Waals surface area contributed by atoms with Crippen LogP contribution in [0, 0.1) is 5.41 Å². The Labute approximate surface area is 64.4 Å². The van der Waals surface area contributed by atoms with E-state index in [1.165, 1.54) is 18.2 Å². The van der Waals surface area contributed by atoms with Gasteiger partial charge in [-0.25, -0.2) is 0 Å². The minimum atomic E-state index is 0.0880. The van der Waals surface area contributed by atoms with Gasteiger partial charge in [0.2, 0.25) is 0 Å². The molecule has 1 aromatic rings. The van der Waals surface area contributed by atoms with Crippen molar-refractivity contribution in [2.24, 2.45) is 5.73 Å². The number of aromatic hydroxyl groups is 2. The first-order valence-corrected chi connectivity index (χ1v) is 2.89. The zero-order valence-corrected chi connectivity index (χ0v) is 5.86. The Bertz CT molecular complexity index is 208. The normalized spacial score (nSPS) is 7.64. The van der Waals surface area contributed by atoms with Crippen molar-refractivity contribution in [3.05, 3.63) is 24.3 Å². The Morgan fingerprint density at radius 3 is 1.82 bits per heavy atom. The molecule has 4 heteroatoms. The van der Waals surface area contributed by atoms with E-state index < -0.39 is 0 Å². The zero-order chi connectivity index (χ0) is 8.69. The molecule has 0 heterocycles. The second-order valence-electron chi connectivity index (χ2n) is 1.69. The van der Waals surface area contributed by atoms with Gasteiger partial charge in [-0.3, -0.25) is 5.41 Å². The molecule has 5 N–H and O–H groups in total. The maximum atomic E-state index is 8.65. The summed E-state index contributed by atoms with van der Waals surface area (Å²) in [6, 6.07) is 5.85. The third-order valence-electron chi connectivity index (χ3n) is 0.830. The average Bonchev–Trinajstić information content (AvgIpc) is 1.88. The van der Waals surface area contributed by atoms with Crippen LogP contribution < -0.4 is 5.73 Å². The molecule has 0 unspecified atom stereocenters. The zero-order valence-electron chi connectivity index (χ0n) is 5.86. The molecule has 0 saturated heterocycles. The molecular weight excluding hydrogens is 144 g/mol. The van der Waals surface area contributed by atoms with Crippen LogP contribution in [0.15, 0.2) is 24.3 Å². The molecule has 1 aromatic carbocycles. The molecule has 60 valence electrons. The van der Waals surface area contributed by atoms with Crippen LogP contribution in [0.3, 0.4) is 0 Å². The fourth-order valence-electron chi connectivity index (χ4n) is 0.493. The van der Waals surface area contributed by atoms with E-state index in [4.69, 9.17) is 15.6 Å². The molecule has 0 atom stereocenters. The van der Waals surface area contributed by atoms with Crippen molar-refractivity contribution in [1.82, 2.24) is 0 Å². The summed E-state index contributed by atoms with van der Waals surface area (Å²) in [6.07, 6.45) is 0.750. The molecule has 0 aliphatic carbocycles. The number of nitrogens with two attached hydrogens (primary N) is 1. The highest BCUT2D eigenvalue weighted by Crippen LogP contribution is 2.14. The molecular formula is C7H10N2O2. The Hall–Kier alpha value is -1.71. The number of benzene rings is 1. The molecule has 0 radical (unpaired) electrons. The van der Waals surface area contributed by atoms with Crippen LogP contribution in [-0.4, -0.2) is 16.6 Å². The molecule has 0 fully saturated rings. The van der Waals surface area contributed by atoms with Crippen molar-refractivity contribution in [3.63, 3.8) is 0 Å². The summed E-state index contributed by atoms with van der Waals surface area (Å²) in [5.74, 6) is 0.176. The number of phenols is 2. The van der Waals surface area contributed by atoms with E-state index in [9.17, 15) is 0 Å². The molecule has 0 aromatic heterocycles. The lowest BCUT2D eigenvalue weighted by Crippen LogP contribution is -1.81. The Balaban J connectivity index is 0.000000292. The van der Waals surface area contributed by atoms with Gasteiger partial charge in [0.15, 0.2) is 0 Å². The summed E-state index contributed by atoms with van der Waals surface area (Å²) >= 11 is 0. The number of hydrogen-bond donors (Lipinski definition) is 4. The van der Waals surface area contributed by atoms with Gasteiger partial charge in [0, 0.05) is 6.07 Å². The summed E-state index contributed by atoms with van der Waals surface area (Å²) in [6.45, 7) is 0. The van der Waals surface area contributed by atoms with Crippen LogP contribution in [0.1, 0.15) is 0 Å². The quantitative estimate of drug-likeness (QED) is 0.326. The largest absolute Gasteiger partial charge is 0.508 e. The van der Waals surface area contributed by atoms with Gasteiger partial charge in [-0.15, -0.1) is 0 Å². The average molecular weight is 154 g/mol. The highest BCUT2D eigenvalue weighted by atomic mass is 16.3. The maximum Gasteiger partial charge on any atom is 0.119 e. The van der Waals surface area contributed by atoms with Crippen LogP contribution >= 0.6 is 0 Å². The van der Waals surface area contributed by atoms with E-state index in [2.05, 4.69) is 5.73 Å². The minimum absolute atomic E-state index is 0.0880. The lowest BCUT2D eigenvalue weighted by atomic mass is 10.3. The molecule has 0 bridgehead atoms. The lowest BCUT2D eigenvalue weighted by molar-refractivity contribution is 0.450. The van der Waals surface area contributed by atoms with E-state index >= 15 is 0 Å². The van der Waals surface area contributed by atoms with Crippen molar-refractivity contribution in [2.75, 3.05) is 0 Å². The van der Waals surface area contributed by atoms with Crippen molar-refractivity contribution in [2.45, 2.75) is 0 Å². The SMILES string of the molecule is N=CN.Oc1cccc(O)c1.